The highest BCUT2D eigenvalue weighted by Crippen LogP contribution is 2.27. The molecule has 0 aromatic heterocycles. The molecule has 0 aliphatic carbocycles. The number of rotatable bonds is 4. The van der Waals surface area contributed by atoms with Crippen molar-refractivity contribution >= 4 is 15.9 Å². The van der Waals surface area contributed by atoms with Crippen LogP contribution in [0.5, 0.6) is 0 Å². The third-order valence-corrected chi connectivity index (χ3v) is 3.14. The molecule has 1 rings (SSSR count). The fourth-order valence-corrected chi connectivity index (χ4v) is 1.99. The summed E-state index contributed by atoms with van der Waals surface area (Å²) >= 11 is 2.62. The third kappa shape index (κ3) is 4.67. The summed E-state index contributed by atoms with van der Waals surface area (Å²) in [5.74, 6) is 0. The molecule has 2 nitrogen and oxygen atoms in total. The standard InChI is InChI=1S/C12H12BrF3N2/c1-18(8-11(13)12(14,15)16)7-10-4-2-3-9(5-10)6-17/h2-5,11H,7-8H2,1H3. The molecular weight excluding hydrogens is 309 g/mol. The first-order chi connectivity index (χ1) is 8.32. The lowest BCUT2D eigenvalue weighted by Crippen LogP contribution is -2.35. The Labute approximate surface area is 112 Å². The van der Waals surface area contributed by atoms with Gasteiger partial charge in [-0.1, -0.05) is 28.1 Å². The number of nitrogens with zero attached hydrogens (tertiary/aromatic N) is 2. The zero-order valence-corrected chi connectivity index (χ0v) is 11.3. The first-order valence-corrected chi connectivity index (χ1v) is 6.13. The smallest absolute Gasteiger partial charge is 0.301 e. The summed E-state index contributed by atoms with van der Waals surface area (Å²) in [5.41, 5.74) is 1.32. The second kappa shape index (κ2) is 6.21. The summed E-state index contributed by atoms with van der Waals surface area (Å²) in [6.45, 7) is 0.230. The minimum Gasteiger partial charge on any atom is -0.301 e. The van der Waals surface area contributed by atoms with Gasteiger partial charge in [0.2, 0.25) is 0 Å². The molecule has 0 aliphatic heterocycles. The summed E-state index contributed by atoms with van der Waals surface area (Å²) < 4.78 is 37.1. The maximum Gasteiger partial charge on any atom is 0.402 e. The molecule has 0 saturated heterocycles. The molecule has 98 valence electrons. The third-order valence-electron chi connectivity index (χ3n) is 2.34. The Bertz CT molecular complexity index is 440. The Morgan fingerprint density at radius 3 is 2.67 bits per heavy atom. The highest BCUT2D eigenvalue weighted by molar-refractivity contribution is 9.09. The summed E-state index contributed by atoms with van der Waals surface area (Å²) in [4.78, 5) is 0.0118. The molecule has 0 fully saturated rings. The molecule has 6 heteroatoms. The molecule has 1 aromatic rings. The van der Waals surface area contributed by atoms with E-state index in [0.717, 1.165) is 5.56 Å². The Balaban J connectivity index is 2.60. The quantitative estimate of drug-likeness (QED) is 0.796. The van der Waals surface area contributed by atoms with Gasteiger partial charge in [-0.3, -0.25) is 0 Å². The van der Waals surface area contributed by atoms with Gasteiger partial charge in [-0.05, 0) is 24.7 Å². The topological polar surface area (TPSA) is 27.0 Å². The van der Waals surface area contributed by atoms with Gasteiger partial charge in [-0.25, -0.2) is 0 Å². The van der Waals surface area contributed by atoms with Crippen LogP contribution in [0.25, 0.3) is 0 Å². The van der Waals surface area contributed by atoms with Gasteiger partial charge >= 0.3 is 6.18 Å². The predicted octanol–water partition coefficient (Wildman–Crippen LogP) is 3.32. The largest absolute Gasteiger partial charge is 0.402 e. The van der Waals surface area contributed by atoms with E-state index in [1.807, 2.05) is 6.07 Å². The van der Waals surface area contributed by atoms with E-state index >= 15 is 0 Å². The Morgan fingerprint density at radius 2 is 2.11 bits per heavy atom. The monoisotopic (exact) mass is 320 g/mol. The van der Waals surface area contributed by atoms with E-state index in [1.165, 1.54) is 0 Å². The van der Waals surface area contributed by atoms with E-state index in [9.17, 15) is 13.2 Å². The molecule has 0 aliphatic rings. The van der Waals surface area contributed by atoms with Crippen molar-refractivity contribution in [1.29, 1.82) is 5.26 Å². The normalized spacial score (nSPS) is 13.4. The minimum atomic E-state index is -4.25. The van der Waals surface area contributed by atoms with Crippen LogP contribution in [-0.4, -0.2) is 29.5 Å². The maximum atomic E-state index is 12.4. The SMILES string of the molecule is CN(Cc1cccc(C#N)c1)CC(Br)C(F)(F)F. The molecule has 0 bridgehead atoms. The van der Waals surface area contributed by atoms with E-state index in [0.29, 0.717) is 12.1 Å². The summed E-state index contributed by atoms with van der Waals surface area (Å²) in [5, 5.41) is 8.73. The van der Waals surface area contributed by atoms with Crippen molar-refractivity contribution in [3.05, 3.63) is 35.4 Å². The Hall–Kier alpha value is -1.06. The zero-order chi connectivity index (χ0) is 13.8. The number of nitriles is 1. The van der Waals surface area contributed by atoms with Gasteiger partial charge in [-0.15, -0.1) is 0 Å². The summed E-state index contributed by atoms with van der Waals surface area (Å²) in [6.07, 6.45) is -4.25. The molecule has 0 spiro atoms. The minimum absolute atomic E-state index is 0.139. The highest BCUT2D eigenvalue weighted by Gasteiger charge is 2.38. The van der Waals surface area contributed by atoms with E-state index in [4.69, 9.17) is 5.26 Å². The number of halogens is 4. The van der Waals surface area contributed by atoms with Gasteiger partial charge in [0.05, 0.1) is 11.6 Å². The van der Waals surface area contributed by atoms with Crippen molar-refractivity contribution in [2.24, 2.45) is 0 Å². The molecule has 0 N–H and O–H groups in total. The lowest BCUT2D eigenvalue weighted by molar-refractivity contribution is -0.130. The maximum absolute atomic E-state index is 12.4. The lowest BCUT2D eigenvalue weighted by Gasteiger charge is -2.22. The number of hydrogen-bond donors (Lipinski definition) is 0. The van der Waals surface area contributed by atoms with E-state index in [-0.39, 0.29) is 6.54 Å². The zero-order valence-electron chi connectivity index (χ0n) is 9.71. The van der Waals surface area contributed by atoms with Crippen molar-refractivity contribution in [1.82, 2.24) is 4.90 Å². The number of benzene rings is 1. The van der Waals surface area contributed by atoms with E-state index in [2.05, 4.69) is 15.9 Å². The fourth-order valence-electron chi connectivity index (χ4n) is 1.49. The summed E-state index contributed by atoms with van der Waals surface area (Å²) in [7, 11) is 1.61. The van der Waals surface area contributed by atoms with Crippen LogP contribution in [0.4, 0.5) is 13.2 Å². The Kier molecular flexibility index (Phi) is 5.17. The van der Waals surface area contributed by atoms with Crippen LogP contribution in [0.2, 0.25) is 0 Å². The van der Waals surface area contributed by atoms with Gasteiger partial charge in [0, 0.05) is 13.1 Å². The fraction of sp³-hybridized carbons (Fsp3) is 0.417. The molecule has 1 atom stereocenters. The van der Waals surface area contributed by atoms with Gasteiger partial charge in [0.15, 0.2) is 0 Å². The van der Waals surface area contributed by atoms with Crippen molar-refractivity contribution < 1.29 is 13.2 Å². The molecule has 0 radical (unpaired) electrons. The van der Waals surface area contributed by atoms with Crippen molar-refractivity contribution in [3.8, 4) is 6.07 Å². The molecule has 0 heterocycles. The van der Waals surface area contributed by atoms with Gasteiger partial charge in [0.25, 0.3) is 0 Å². The molecule has 1 unspecified atom stereocenters. The molecule has 0 saturated carbocycles. The van der Waals surface area contributed by atoms with Crippen molar-refractivity contribution in [2.45, 2.75) is 17.5 Å². The van der Waals surface area contributed by atoms with Crippen molar-refractivity contribution in [2.75, 3.05) is 13.6 Å². The second-order valence-electron chi connectivity index (χ2n) is 4.02. The number of alkyl halides is 4. The van der Waals surface area contributed by atoms with Crippen LogP contribution >= 0.6 is 15.9 Å². The number of hydrogen-bond acceptors (Lipinski definition) is 2. The molecule has 1 aromatic carbocycles. The van der Waals surface area contributed by atoms with Crippen LogP contribution in [0, 0.1) is 11.3 Å². The molecule has 0 amide bonds. The van der Waals surface area contributed by atoms with Gasteiger partial charge in [-0.2, -0.15) is 18.4 Å². The van der Waals surface area contributed by atoms with Gasteiger partial charge in [0.1, 0.15) is 4.83 Å². The average molecular weight is 321 g/mol. The first kappa shape index (κ1) is 15.0. The van der Waals surface area contributed by atoms with Crippen molar-refractivity contribution in [3.63, 3.8) is 0 Å². The molecule has 18 heavy (non-hydrogen) atoms. The highest BCUT2D eigenvalue weighted by atomic mass is 79.9. The summed E-state index contributed by atoms with van der Waals surface area (Å²) in [6, 6.07) is 8.84. The van der Waals surface area contributed by atoms with Crippen LogP contribution in [0.3, 0.4) is 0 Å². The first-order valence-electron chi connectivity index (χ1n) is 5.21. The van der Waals surface area contributed by atoms with E-state index in [1.54, 1.807) is 36.2 Å². The molecular formula is C12H12BrF3N2. The van der Waals surface area contributed by atoms with Crippen LogP contribution < -0.4 is 0 Å². The van der Waals surface area contributed by atoms with Crippen LogP contribution in [-0.2, 0) is 6.54 Å². The second-order valence-corrected chi connectivity index (χ2v) is 5.12. The predicted molar refractivity (Wildman–Crippen MR) is 66.3 cm³/mol. The lowest BCUT2D eigenvalue weighted by atomic mass is 10.1. The Morgan fingerprint density at radius 1 is 1.44 bits per heavy atom. The van der Waals surface area contributed by atoms with Crippen LogP contribution in [0.1, 0.15) is 11.1 Å². The average Bonchev–Trinajstić information content (AvgIpc) is 2.27. The van der Waals surface area contributed by atoms with Gasteiger partial charge < -0.3 is 4.90 Å². The van der Waals surface area contributed by atoms with Crippen LogP contribution in [0.15, 0.2) is 24.3 Å². The van der Waals surface area contributed by atoms with E-state index < -0.39 is 11.0 Å².